The quantitative estimate of drug-likeness (QED) is 0.617. The second-order valence-corrected chi connectivity index (χ2v) is 19.1. The first-order valence-corrected chi connectivity index (χ1v) is 12.4. The van der Waals surface area contributed by atoms with Gasteiger partial charge in [-0.15, -0.1) is 0 Å². The van der Waals surface area contributed by atoms with E-state index in [-0.39, 0.29) is 14.5 Å². The molecule has 0 atom stereocenters. The van der Waals surface area contributed by atoms with Gasteiger partial charge in [0.1, 0.15) is 0 Å². The summed E-state index contributed by atoms with van der Waals surface area (Å²) < 4.78 is 11.7. The topological polar surface area (TPSA) is 17.1 Å². The Morgan fingerprint density at radius 1 is 1.14 bits per heavy atom. The van der Waals surface area contributed by atoms with E-state index in [0.717, 1.165) is 11.5 Å². The molecule has 0 bridgehead atoms. The maximum atomic E-state index is 12.4. The van der Waals surface area contributed by atoms with Crippen LogP contribution in [0.2, 0.25) is 0 Å². The van der Waals surface area contributed by atoms with Crippen LogP contribution in [0.4, 0.5) is 0 Å². The van der Waals surface area contributed by atoms with Crippen molar-refractivity contribution in [1.82, 2.24) is 0 Å². The van der Waals surface area contributed by atoms with E-state index in [1.807, 2.05) is 18.2 Å². The Morgan fingerprint density at radius 2 is 1.79 bits per heavy atom. The monoisotopic (exact) mass is 310 g/mol. The molecule has 1 aromatic rings. The first-order chi connectivity index (χ1) is 6.79. The minimum absolute atomic E-state index is 0.157. The molecule has 0 radical (unpaired) electrons. The third-order valence-corrected chi connectivity index (χ3v) is 18.3. The SMILES string of the molecule is O=P1([Se]c2ccccc2)SCCCS1. The molecule has 2 rings (SSSR count). The van der Waals surface area contributed by atoms with E-state index in [1.54, 1.807) is 22.8 Å². The van der Waals surface area contributed by atoms with Gasteiger partial charge in [0.25, 0.3) is 0 Å². The van der Waals surface area contributed by atoms with Crippen LogP contribution >= 0.6 is 27.0 Å². The van der Waals surface area contributed by atoms with Gasteiger partial charge in [-0.25, -0.2) is 0 Å². The fourth-order valence-electron chi connectivity index (χ4n) is 1.11. The Bertz CT molecular complexity index is 334. The van der Waals surface area contributed by atoms with Crippen molar-refractivity contribution < 1.29 is 4.57 Å². The molecule has 0 unspecified atom stereocenters. The van der Waals surface area contributed by atoms with Gasteiger partial charge in [0.2, 0.25) is 0 Å². The third kappa shape index (κ3) is 3.08. The van der Waals surface area contributed by atoms with Crippen LogP contribution < -0.4 is 4.46 Å². The Kier molecular flexibility index (Phi) is 4.10. The van der Waals surface area contributed by atoms with Gasteiger partial charge in [-0.2, -0.15) is 0 Å². The molecule has 0 amide bonds. The predicted octanol–water partition coefficient (Wildman–Crippen LogP) is 2.99. The van der Waals surface area contributed by atoms with Crippen molar-refractivity contribution in [3.8, 4) is 0 Å². The molecule has 0 saturated carbocycles. The molecular formula is C9H11OPS2Se. The van der Waals surface area contributed by atoms with Gasteiger partial charge in [0, 0.05) is 0 Å². The first kappa shape index (κ1) is 11.2. The summed E-state index contributed by atoms with van der Waals surface area (Å²) in [5.74, 6) is 2.16. The number of benzene rings is 1. The Labute approximate surface area is 98.4 Å². The molecule has 1 saturated heterocycles. The summed E-state index contributed by atoms with van der Waals surface area (Å²) in [5.41, 5.74) is 0. The Morgan fingerprint density at radius 3 is 2.43 bits per heavy atom. The average Bonchev–Trinajstić information content (AvgIpc) is 2.19. The van der Waals surface area contributed by atoms with E-state index in [1.165, 1.54) is 10.9 Å². The van der Waals surface area contributed by atoms with E-state index < -0.39 is 4.24 Å². The van der Waals surface area contributed by atoms with E-state index >= 15 is 0 Å². The van der Waals surface area contributed by atoms with Gasteiger partial charge in [-0.3, -0.25) is 0 Å². The summed E-state index contributed by atoms with van der Waals surface area (Å²) in [7, 11) is 0. The van der Waals surface area contributed by atoms with E-state index in [4.69, 9.17) is 0 Å². The predicted molar refractivity (Wildman–Crippen MR) is 69.0 cm³/mol. The van der Waals surface area contributed by atoms with Crippen LogP contribution in [0.3, 0.4) is 0 Å². The molecule has 14 heavy (non-hydrogen) atoms. The van der Waals surface area contributed by atoms with Gasteiger partial charge in [-0.1, -0.05) is 0 Å². The average molecular weight is 309 g/mol. The number of hydrogen-bond donors (Lipinski definition) is 0. The van der Waals surface area contributed by atoms with Gasteiger partial charge < -0.3 is 0 Å². The molecule has 76 valence electrons. The van der Waals surface area contributed by atoms with Crippen LogP contribution in [0, 0.1) is 0 Å². The van der Waals surface area contributed by atoms with E-state index in [0.29, 0.717) is 0 Å². The summed E-state index contributed by atoms with van der Waals surface area (Å²) >= 11 is 3.57. The van der Waals surface area contributed by atoms with Gasteiger partial charge in [0.15, 0.2) is 0 Å². The zero-order valence-corrected chi connectivity index (χ0v) is 11.8. The second-order valence-electron chi connectivity index (χ2n) is 2.87. The molecule has 1 nitrogen and oxygen atoms in total. The normalized spacial score (nSPS) is 20.6. The maximum absolute atomic E-state index is 12.4. The standard InChI is InChI=1S/C9H11OPS2Se/c10-11(12-7-4-8-13-11)14-9-5-2-1-3-6-9/h1-3,5-6H,4,7-8H2. The molecule has 1 aliphatic rings. The van der Waals surface area contributed by atoms with Gasteiger partial charge in [0.05, 0.1) is 0 Å². The molecule has 0 aromatic heterocycles. The van der Waals surface area contributed by atoms with Crippen molar-refractivity contribution in [2.45, 2.75) is 6.42 Å². The van der Waals surface area contributed by atoms with Crippen LogP contribution in [-0.4, -0.2) is 26.0 Å². The van der Waals surface area contributed by atoms with Crippen LogP contribution in [0.15, 0.2) is 30.3 Å². The first-order valence-electron chi connectivity index (χ1n) is 4.42. The zero-order chi connectivity index (χ0) is 9.86. The number of rotatable bonds is 2. The molecule has 1 aliphatic heterocycles. The molecule has 0 aliphatic carbocycles. The zero-order valence-electron chi connectivity index (χ0n) is 7.59. The van der Waals surface area contributed by atoms with Crippen molar-refractivity contribution in [3.05, 3.63) is 30.3 Å². The van der Waals surface area contributed by atoms with E-state index in [9.17, 15) is 4.57 Å². The minimum atomic E-state index is -1.94. The Balaban J connectivity index is 2.06. The summed E-state index contributed by atoms with van der Waals surface area (Å²) in [4.78, 5) is 0. The summed E-state index contributed by atoms with van der Waals surface area (Å²) in [6, 6.07) is 10.3. The summed E-state index contributed by atoms with van der Waals surface area (Å²) in [6.45, 7) is 0. The van der Waals surface area contributed by atoms with Crippen molar-refractivity contribution in [1.29, 1.82) is 0 Å². The fraction of sp³-hybridized carbons (Fsp3) is 0.333. The van der Waals surface area contributed by atoms with Crippen LogP contribution in [0.25, 0.3) is 0 Å². The molecular weight excluding hydrogens is 298 g/mol. The van der Waals surface area contributed by atoms with Crippen LogP contribution in [-0.2, 0) is 4.57 Å². The molecule has 1 aromatic carbocycles. The van der Waals surface area contributed by atoms with Crippen molar-refractivity contribution in [2.24, 2.45) is 0 Å². The van der Waals surface area contributed by atoms with E-state index in [2.05, 4.69) is 12.1 Å². The van der Waals surface area contributed by atoms with Crippen LogP contribution in [0.5, 0.6) is 0 Å². The second kappa shape index (κ2) is 5.14. The Hall–Kier alpha value is 0.669. The molecule has 1 heterocycles. The summed E-state index contributed by atoms with van der Waals surface area (Å²) in [5, 5.41) is 0. The van der Waals surface area contributed by atoms with Crippen molar-refractivity contribution >= 4 is 46.0 Å². The summed E-state index contributed by atoms with van der Waals surface area (Å²) in [6.07, 6.45) is 1.21. The van der Waals surface area contributed by atoms with Gasteiger partial charge >= 0.3 is 98.8 Å². The molecule has 0 spiro atoms. The number of hydrogen-bond acceptors (Lipinski definition) is 3. The molecule has 0 N–H and O–H groups in total. The fourth-order valence-corrected chi connectivity index (χ4v) is 17.7. The third-order valence-electron chi connectivity index (χ3n) is 1.75. The molecule has 5 heteroatoms. The van der Waals surface area contributed by atoms with Crippen molar-refractivity contribution in [3.63, 3.8) is 0 Å². The van der Waals surface area contributed by atoms with Gasteiger partial charge in [-0.05, 0) is 0 Å². The van der Waals surface area contributed by atoms with Crippen LogP contribution in [0.1, 0.15) is 6.42 Å². The molecule has 1 fully saturated rings. The van der Waals surface area contributed by atoms with Crippen molar-refractivity contribution in [2.75, 3.05) is 11.5 Å².